The first-order valence-corrected chi connectivity index (χ1v) is 11.6. The summed E-state index contributed by atoms with van der Waals surface area (Å²) < 4.78 is 5.59. The van der Waals surface area contributed by atoms with Crippen LogP contribution < -0.4 is 15.4 Å². The molecule has 0 radical (unpaired) electrons. The number of aliphatic imine (C=N–C) groups is 1. The quantitative estimate of drug-likeness (QED) is 0.489. The number of methoxy groups -OCH3 is 1. The van der Waals surface area contributed by atoms with Gasteiger partial charge in [-0.1, -0.05) is 48.5 Å². The molecule has 0 bridgehead atoms. The molecule has 1 saturated heterocycles. The summed E-state index contributed by atoms with van der Waals surface area (Å²) in [6, 6.07) is 20.1. The number of likely N-dealkylation sites (N-methyl/N-ethyl adjacent to an activating group) is 1. The van der Waals surface area contributed by atoms with Gasteiger partial charge in [-0.05, 0) is 45.5 Å². The molecular formula is C26H39N5O. The van der Waals surface area contributed by atoms with Gasteiger partial charge in [0.25, 0.3) is 0 Å². The number of para-hydroxylation sites is 1. The van der Waals surface area contributed by atoms with Crippen molar-refractivity contribution in [3.63, 3.8) is 0 Å². The third-order valence-electron chi connectivity index (χ3n) is 6.39. The molecule has 3 unspecified atom stereocenters. The third-order valence-corrected chi connectivity index (χ3v) is 6.39. The Bertz CT molecular complexity index is 854. The highest BCUT2D eigenvalue weighted by Crippen LogP contribution is 2.27. The van der Waals surface area contributed by atoms with Gasteiger partial charge in [-0.2, -0.15) is 0 Å². The van der Waals surface area contributed by atoms with E-state index in [0.717, 1.165) is 44.2 Å². The first-order chi connectivity index (χ1) is 15.5. The molecule has 3 atom stereocenters. The van der Waals surface area contributed by atoms with Crippen LogP contribution in [0.15, 0.2) is 59.6 Å². The van der Waals surface area contributed by atoms with Crippen LogP contribution in [0.3, 0.4) is 0 Å². The first kappa shape index (κ1) is 24.1. The number of nitrogens with zero attached hydrogens (tertiary/aromatic N) is 3. The second-order valence-corrected chi connectivity index (χ2v) is 8.85. The van der Waals surface area contributed by atoms with Gasteiger partial charge in [-0.3, -0.25) is 9.89 Å². The van der Waals surface area contributed by atoms with Crippen molar-refractivity contribution >= 4 is 5.96 Å². The first-order valence-electron chi connectivity index (χ1n) is 11.6. The van der Waals surface area contributed by atoms with Gasteiger partial charge in [0.15, 0.2) is 5.96 Å². The summed E-state index contributed by atoms with van der Waals surface area (Å²) in [6.45, 7) is 5.18. The normalized spacial score (nSPS) is 20.8. The standard InChI is InChI=1S/C26H39N5O/c1-20-17-22(15-16-31(20)19-21-11-7-6-8-12-21)29-26(27-2)28-18-24(30(3)4)23-13-9-10-14-25(23)32-5/h6-14,20,22,24H,15-19H2,1-5H3,(H2,27,28,29). The molecule has 6 heteroatoms. The van der Waals surface area contributed by atoms with Gasteiger partial charge < -0.3 is 20.3 Å². The van der Waals surface area contributed by atoms with Crippen molar-refractivity contribution in [2.45, 2.75) is 44.4 Å². The van der Waals surface area contributed by atoms with Gasteiger partial charge in [0.2, 0.25) is 0 Å². The number of nitrogens with one attached hydrogen (secondary N) is 2. The van der Waals surface area contributed by atoms with E-state index in [2.05, 4.69) is 88.9 Å². The molecule has 3 rings (SSSR count). The van der Waals surface area contributed by atoms with E-state index in [1.54, 1.807) is 7.11 Å². The van der Waals surface area contributed by atoms with Gasteiger partial charge in [0.1, 0.15) is 5.75 Å². The van der Waals surface area contributed by atoms with Crippen LogP contribution in [0.25, 0.3) is 0 Å². The van der Waals surface area contributed by atoms with E-state index in [-0.39, 0.29) is 6.04 Å². The van der Waals surface area contributed by atoms with Crippen LogP contribution in [0, 0.1) is 0 Å². The molecule has 0 aliphatic carbocycles. The molecule has 174 valence electrons. The Morgan fingerprint density at radius 3 is 2.53 bits per heavy atom. The Morgan fingerprint density at radius 1 is 1.16 bits per heavy atom. The van der Waals surface area contributed by atoms with Gasteiger partial charge in [0.05, 0.1) is 13.2 Å². The summed E-state index contributed by atoms with van der Waals surface area (Å²) in [5.74, 6) is 1.77. The lowest BCUT2D eigenvalue weighted by atomic mass is 9.97. The van der Waals surface area contributed by atoms with Crippen molar-refractivity contribution in [2.75, 3.05) is 41.3 Å². The lowest BCUT2D eigenvalue weighted by Gasteiger charge is -2.38. The molecule has 6 nitrogen and oxygen atoms in total. The molecule has 2 aromatic rings. The number of benzene rings is 2. The molecule has 2 N–H and O–H groups in total. The third kappa shape index (κ3) is 6.47. The van der Waals surface area contributed by atoms with Crippen LogP contribution in [0.1, 0.15) is 36.9 Å². The molecule has 0 saturated carbocycles. The van der Waals surface area contributed by atoms with Crippen molar-refractivity contribution in [3.05, 3.63) is 65.7 Å². The van der Waals surface area contributed by atoms with Crippen molar-refractivity contribution in [3.8, 4) is 5.75 Å². The SMILES string of the molecule is CN=C(NCC(c1ccccc1OC)N(C)C)NC1CCN(Cc2ccccc2)C(C)C1. The fourth-order valence-corrected chi connectivity index (χ4v) is 4.50. The summed E-state index contributed by atoms with van der Waals surface area (Å²) in [6.07, 6.45) is 2.22. The smallest absolute Gasteiger partial charge is 0.191 e. The van der Waals surface area contributed by atoms with Gasteiger partial charge >= 0.3 is 0 Å². The summed E-state index contributed by atoms with van der Waals surface area (Å²) in [7, 11) is 7.76. The van der Waals surface area contributed by atoms with Crippen molar-refractivity contribution in [1.82, 2.24) is 20.4 Å². The van der Waals surface area contributed by atoms with Gasteiger partial charge in [0, 0.05) is 44.3 Å². The predicted molar refractivity (Wildman–Crippen MR) is 133 cm³/mol. The zero-order valence-corrected chi connectivity index (χ0v) is 20.2. The maximum atomic E-state index is 5.59. The van der Waals surface area contributed by atoms with E-state index in [9.17, 15) is 0 Å². The molecule has 0 aromatic heterocycles. The van der Waals surface area contributed by atoms with Crippen LogP contribution in [0.4, 0.5) is 0 Å². The number of piperidine rings is 1. The molecule has 1 heterocycles. The lowest BCUT2D eigenvalue weighted by molar-refractivity contribution is 0.134. The van der Waals surface area contributed by atoms with E-state index < -0.39 is 0 Å². The fourth-order valence-electron chi connectivity index (χ4n) is 4.50. The van der Waals surface area contributed by atoms with Crippen LogP contribution in [-0.2, 0) is 6.54 Å². The Kier molecular flexibility index (Phi) is 8.94. The number of rotatable bonds is 8. The maximum absolute atomic E-state index is 5.59. The Labute approximate surface area is 193 Å². The number of hydrogen-bond donors (Lipinski definition) is 2. The molecule has 1 fully saturated rings. The van der Waals surface area contributed by atoms with Crippen LogP contribution in [0.5, 0.6) is 5.75 Å². The topological polar surface area (TPSA) is 52.1 Å². The monoisotopic (exact) mass is 437 g/mol. The highest BCUT2D eigenvalue weighted by Gasteiger charge is 2.26. The minimum Gasteiger partial charge on any atom is -0.496 e. The summed E-state index contributed by atoms with van der Waals surface area (Å²) in [5.41, 5.74) is 2.56. The minimum atomic E-state index is 0.177. The number of likely N-dealkylation sites (tertiary alicyclic amines) is 1. The highest BCUT2D eigenvalue weighted by atomic mass is 16.5. The zero-order chi connectivity index (χ0) is 22.9. The molecule has 1 aliphatic rings. The lowest BCUT2D eigenvalue weighted by Crippen LogP contribution is -2.52. The number of hydrogen-bond acceptors (Lipinski definition) is 4. The average molecular weight is 438 g/mol. The summed E-state index contributed by atoms with van der Waals surface area (Å²) in [5, 5.41) is 7.20. The van der Waals surface area contributed by atoms with Gasteiger partial charge in [-0.15, -0.1) is 0 Å². The molecule has 0 amide bonds. The van der Waals surface area contributed by atoms with E-state index in [1.165, 1.54) is 11.1 Å². The molecule has 32 heavy (non-hydrogen) atoms. The van der Waals surface area contributed by atoms with Crippen molar-refractivity contribution in [2.24, 2.45) is 4.99 Å². The van der Waals surface area contributed by atoms with E-state index in [1.807, 2.05) is 19.2 Å². The summed E-state index contributed by atoms with van der Waals surface area (Å²) >= 11 is 0. The molecular weight excluding hydrogens is 398 g/mol. The average Bonchev–Trinajstić information content (AvgIpc) is 2.81. The van der Waals surface area contributed by atoms with Crippen LogP contribution in [-0.4, -0.2) is 69.2 Å². The fraction of sp³-hybridized carbons (Fsp3) is 0.500. The van der Waals surface area contributed by atoms with Gasteiger partial charge in [-0.25, -0.2) is 0 Å². The van der Waals surface area contributed by atoms with Crippen molar-refractivity contribution < 1.29 is 4.74 Å². The summed E-state index contributed by atoms with van der Waals surface area (Å²) in [4.78, 5) is 9.28. The highest BCUT2D eigenvalue weighted by molar-refractivity contribution is 5.80. The number of guanidine groups is 1. The molecule has 2 aromatic carbocycles. The predicted octanol–water partition coefficient (Wildman–Crippen LogP) is 3.52. The Morgan fingerprint density at radius 2 is 1.88 bits per heavy atom. The molecule has 1 aliphatic heterocycles. The second-order valence-electron chi connectivity index (χ2n) is 8.85. The van der Waals surface area contributed by atoms with E-state index in [0.29, 0.717) is 12.1 Å². The van der Waals surface area contributed by atoms with E-state index >= 15 is 0 Å². The maximum Gasteiger partial charge on any atom is 0.191 e. The molecule has 0 spiro atoms. The second kappa shape index (κ2) is 11.9. The van der Waals surface area contributed by atoms with Crippen LogP contribution in [0.2, 0.25) is 0 Å². The van der Waals surface area contributed by atoms with Crippen LogP contribution >= 0.6 is 0 Å². The van der Waals surface area contributed by atoms with Crippen molar-refractivity contribution in [1.29, 1.82) is 0 Å². The minimum absolute atomic E-state index is 0.177. The van der Waals surface area contributed by atoms with E-state index in [4.69, 9.17) is 4.74 Å². The number of ether oxygens (including phenoxy) is 1. The Balaban J connectivity index is 1.54. The zero-order valence-electron chi connectivity index (χ0n) is 20.2. The largest absolute Gasteiger partial charge is 0.496 e. The Hall–Kier alpha value is -2.57.